The van der Waals surface area contributed by atoms with Crippen LogP contribution in [-0.4, -0.2) is 38.7 Å². The summed E-state index contributed by atoms with van der Waals surface area (Å²) in [5.74, 6) is -0.520. The Balaban J connectivity index is 1.67. The number of amides is 1. The summed E-state index contributed by atoms with van der Waals surface area (Å²) in [4.78, 5) is 27.0. The Labute approximate surface area is 117 Å². The van der Waals surface area contributed by atoms with Crippen LogP contribution in [0.3, 0.4) is 0 Å². The highest BCUT2D eigenvalue weighted by molar-refractivity contribution is 5.80. The van der Waals surface area contributed by atoms with Gasteiger partial charge in [-0.15, -0.1) is 0 Å². The van der Waals surface area contributed by atoms with Gasteiger partial charge in [0.1, 0.15) is 12.2 Å². The first-order chi connectivity index (χ1) is 9.66. The minimum atomic E-state index is -0.784. The number of carboxylic acids is 1. The molecule has 0 radical (unpaired) electrons. The van der Waals surface area contributed by atoms with Crippen molar-refractivity contribution in [1.29, 1.82) is 0 Å². The van der Waals surface area contributed by atoms with E-state index in [1.54, 1.807) is 0 Å². The Hall–Kier alpha value is -1.92. The van der Waals surface area contributed by atoms with Crippen LogP contribution >= 0.6 is 0 Å². The predicted molar refractivity (Wildman–Crippen MR) is 70.8 cm³/mol. The van der Waals surface area contributed by atoms with Gasteiger partial charge in [-0.05, 0) is 25.7 Å². The van der Waals surface area contributed by atoms with Crippen molar-refractivity contribution in [3.8, 4) is 0 Å². The fraction of sp³-hybridized carbons (Fsp3) is 0.692. The third-order valence-electron chi connectivity index (χ3n) is 3.75. The molecule has 1 aliphatic carbocycles. The minimum Gasteiger partial charge on any atom is -0.481 e. The smallest absolute Gasteiger partial charge is 0.306 e. The molecule has 1 fully saturated rings. The first kappa shape index (κ1) is 14.5. The second-order valence-corrected chi connectivity index (χ2v) is 5.23. The number of aromatic amines is 1. The monoisotopic (exact) mass is 280 g/mol. The van der Waals surface area contributed by atoms with Crippen LogP contribution in [0.5, 0.6) is 0 Å². The average molecular weight is 280 g/mol. The molecule has 7 heteroatoms. The van der Waals surface area contributed by atoms with E-state index in [0.717, 1.165) is 31.5 Å². The van der Waals surface area contributed by atoms with Crippen LogP contribution < -0.4 is 5.32 Å². The molecule has 0 aliphatic heterocycles. The second kappa shape index (κ2) is 7.02. The number of H-pyrrole nitrogens is 1. The molecule has 2 rings (SSSR count). The van der Waals surface area contributed by atoms with E-state index in [9.17, 15) is 9.59 Å². The van der Waals surface area contributed by atoms with Crippen molar-refractivity contribution in [3.63, 3.8) is 0 Å². The van der Waals surface area contributed by atoms with E-state index in [2.05, 4.69) is 20.5 Å². The van der Waals surface area contributed by atoms with Gasteiger partial charge in [0.25, 0.3) is 0 Å². The van der Waals surface area contributed by atoms with Gasteiger partial charge in [-0.25, -0.2) is 4.98 Å². The summed E-state index contributed by atoms with van der Waals surface area (Å²) in [6.07, 6.45) is 5.74. The lowest BCUT2D eigenvalue weighted by molar-refractivity contribution is -0.144. The lowest BCUT2D eigenvalue weighted by Gasteiger charge is -2.25. The van der Waals surface area contributed by atoms with E-state index in [1.807, 2.05) is 0 Å². The normalized spacial score (nSPS) is 22.4. The third kappa shape index (κ3) is 4.04. The Morgan fingerprint density at radius 2 is 2.20 bits per heavy atom. The predicted octanol–water partition coefficient (Wildman–Crippen LogP) is 0.744. The highest BCUT2D eigenvalue weighted by Crippen LogP contribution is 2.29. The summed E-state index contributed by atoms with van der Waals surface area (Å²) in [6, 6.07) is 0. The summed E-state index contributed by atoms with van der Waals surface area (Å²) < 4.78 is 0. The second-order valence-electron chi connectivity index (χ2n) is 5.23. The van der Waals surface area contributed by atoms with E-state index in [4.69, 9.17) is 5.11 Å². The molecule has 2 atom stereocenters. The minimum absolute atomic E-state index is 0.0199. The van der Waals surface area contributed by atoms with Crippen LogP contribution in [0.2, 0.25) is 0 Å². The molecule has 1 aromatic heterocycles. The maximum Gasteiger partial charge on any atom is 0.306 e. The molecule has 0 aromatic carbocycles. The molecule has 1 saturated carbocycles. The number of carboxylic acid groups (broad SMARTS) is 1. The number of aliphatic carboxylic acids is 1. The number of aromatic nitrogens is 3. The molecule has 1 amide bonds. The van der Waals surface area contributed by atoms with Crippen LogP contribution in [0.4, 0.5) is 0 Å². The van der Waals surface area contributed by atoms with Crippen LogP contribution in [-0.2, 0) is 16.0 Å². The van der Waals surface area contributed by atoms with Gasteiger partial charge in [-0.1, -0.05) is 6.42 Å². The fourth-order valence-electron chi connectivity index (χ4n) is 2.62. The van der Waals surface area contributed by atoms with Crippen LogP contribution in [0, 0.1) is 11.8 Å². The van der Waals surface area contributed by atoms with E-state index in [0.29, 0.717) is 19.4 Å². The largest absolute Gasteiger partial charge is 0.481 e. The SMILES string of the molecule is O=C(O)C1CCCC(C(=O)NCCCc2ncn[nH]2)C1. The Kier molecular flexibility index (Phi) is 5.09. The van der Waals surface area contributed by atoms with Crippen LogP contribution in [0.25, 0.3) is 0 Å². The number of nitrogens with one attached hydrogen (secondary N) is 2. The fourth-order valence-corrected chi connectivity index (χ4v) is 2.62. The zero-order valence-corrected chi connectivity index (χ0v) is 11.3. The van der Waals surface area contributed by atoms with Gasteiger partial charge >= 0.3 is 5.97 Å². The molecule has 0 spiro atoms. The standard InChI is InChI=1S/C13H20N4O3/c18-12(9-3-1-4-10(7-9)13(19)20)14-6-2-5-11-15-8-16-17-11/h8-10H,1-7H2,(H,14,18)(H,19,20)(H,15,16,17). The molecule has 1 heterocycles. The first-order valence-corrected chi connectivity index (χ1v) is 7.01. The van der Waals surface area contributed by atoms with Crippen LogP contribution in [0.15, 0.2) is 6.33 Å². The van der Waals surface area contributed by atoms with Crippen molar-refractivity contribution in [1.82, 2.24) is 20.5 Å². The van der Waals surface area contributed by atoms with Crippen molar-refractivity contribution in [3.05, 3.63) is 12.2 Å². The number of nitrogens with zero attached hydrogens (tertiary/aromatic N) is 2. The highest BCUT2D eigenvalue weighted by Gasteiger charge is 2.30. The van der Waals surface area contributed by atoms with Crippen molar-refractivity contribution in [2.24, 2.45) is 11.8 Å². The van der Waals surface area contributed by atoms with Crippen molar-refractivity contribution < 1.29 is 14.7 Å². The Morgan fingerprint density at radius 1 is 1.40 bits per heavy atom. The topological polar surface area (TPSA) is 108 Å². The summed E-state index contributed by atoms with van der Waals surface area (Å²) >= 11 is 0. The maximum absolute atomic E-state index is 12.0. The van der Waals surface area contributed by atoms with E-state index in [-0.39, 0.29) is 17.7 Å². The van der Waals surface area contributed by atoms with Gasteiger partial charge in [-0.3, -0.25) is 14.7 Å². The summed E-state index contributed by atoms with van der Waals surface area (Å²) in [7, 11) is 0. The van der Waals surface area contributed by atoms with Crippen molar-refractivity contribution >= 4 is 11.9 Å². The van der Waals surface area contributed by atoms with E-state index < -0.39 is 5.97 Å². The molecule has 0 bridgehead atoms. The van der Waals surface area contributed by atoms with Gasteiger partial charge in [0.15, 0.2) is 0 Å². The number of carbonyl (C=O) groups excluding carboxylic acids is 1. The van der Waals surface area contributed by atoms with Gasteiger partial charge in [0, 0.05) is 18.9 Å². The molecule has 1 aliphatic rings. The van der Waals surface area contributed by atoms with Gasteiger partial charge < -0.3 is 10.4 Å². The number of carbonyl (C=O) groups is 2. The van der Waals surface area contributed by atoms with Crippen molar-refractivity contribution in [2.75, 3.05) is 6.54 Å². The van der Waals surface area contributed by atoms with Gasteiger partial charge in [0.2, 0.25) is 5.91 Å². The molecule has 20 heavy (non-hydrogen) atoms. The number of aryl methyl sites for hydroxylation is 1. The quantitative estimate of drug-likeness (QED) is 0.666. The first-order valence-electron chi connectivity index (χ1n) is 7.01. The Morgan fingerprint density at radius 3 is 2.90 bits per heavy atom. The van der Waals surface area contributed by atoms with Crippen LogP contribution in [0.1, 0.15) is 37.9 Å². The summed E-state index contributed by atoms with van der Waals surface area (Å²) in [6.45, 7) is 0.577. The molecule has 7 nitrogen and oxygen atoms in total. The van der Waals surface area contributed by atoms with Gasteiger partial charge in [-0.2, -0.15) is 5.10 Å². The molecule has 1 aromatic rings. The third-order valence-corrected chi connectivity index (χ3v) is 3.75. The van der Waals surface area contributed by atoms with Crippen molar-refractivity contribution in [2.45, 2.75) is 38.5 Å². The molecule has 3 N–H and O–H groups in total. The van der Waals surface area contributed by atoms with E-state index in [1.165, 1.54) is 6.33 Å². The number of hydrogen-bond acceptors (Lipinski definition) is 4. The maximum atomic E-state index is 12.0. The lowest BCUT2D eigenvalue weighted by atomic mass is 9.81. The van der Waals surface area contributed by atoms with Gasteiger partial charge in [0.05, 0.1) is 5.92 Å². The van der Waals surface area contributed by atoms with E-state index >= 15 is 0 Å². The number of rotatable bonds is 6. The molecular weight excluding hydrogens is 260 g/mol. The molecular formula is C13H20N4O3. The average Bonchev–Trinajstić information content (AvgIpc) is 2.96. The lowest BCUT2D eigenvalue weighted by Crippen LogP contribution is -2.36. The summed E-state index contributed by atoms with van der Waals surface area (Å²) in [5, 5.41) is 18.4. The Bertz CT molecular complexity index is 446. The molecule has 110 valence electrons. The zero-order valence-electron chi connectivity index (χ0n) is 11.3. The highest BCUT2D eigenvalue weighted by atomic mass is 16.4. The zero-order chi connectivity index (χ0) is 14.4. The number of hydrogen-bond donors (Lipinski definition) is 3. The molecule has 0 saturated heterocycles. The molecule has 2 unspecified atom stereocenters. The summed E-state index contributed by atoms with van der Waals surface area (Å²) in [5.41, 5.74) is 0.